The number of imidazole rings is 4. The molecule has 16 aromatic rings. The Hall–Kier alpha value is -15.0. The summed E-state index contributed by atoms with van der Waals surface area (Å²) in [5, 5.41) is 13.8. The maximum atomic E-state index is 12.4. The van der Waals surface area contributed by atoms with Crippen LogP contribution in [0.4, 0.5) is 23.3 Å². The van der Waals surface area contributed by atoms with Gasteiger partial charge in [-0.15, -0.1) is 0 Å². The van der Waals surface area contributed by atoms with Crippen LogP contribution < -0.4 is 85.9 Å². The standard InChI is InChI=1S/C24H27N7O3.C23H25N7O2.C23H27N7O2.C22H23N7O3/c1-15-27-22(25)21-23(28-15)31(24(32)30-21)14-16-5-7-19(8-6-16)34-20-4-2-3-18(29-20)13-26-17-9-11-33-12-10-17;1-14-26-21(24)20-22(27-14)30(23(31)29-20)13-15-8-10-18(11-9-15)32-19-7-3-6-17(28-19)12-25-16-4-2-5-16;1-14(2)11-25-12-17-5-4-6-19(28-17)32-18-9-7-16(8-10-18)13-30-22-20(29-23(30)31)21(24)26-15(3)27-22;1-13-25-20(23)19-21(26-13)29(22(30)28-19)10-14-5-7-17(8-6-14)32-18-4-2-3-15(27-18)9-24-16-11-31-12-16/h2-8,17,26H,9-14H2,1H3,(H,30,32)(H2,25,27,28);3,6-11,16,25H,2,4-5,12-13H2,1H3,(H,29,31)(H2,24,26,27);4-10,14,25H,11-13H2,1-3H3,(H,29,31)(H2,24,26,27);2-8,16,24H,9-12H2,1H3,(H,28,30)(H2,23,25,26). The van der Waals surface area contributed by atoms with Gasteiger partial charge in [-0.25, -0.2) is 79.0 Å². The van der Waals surface area contributed by atoms with Gasteiger partial charge in [-0.05, 0) is 161 Å². The fraction of sp³-hybridized carbons (Fsp3) is 0.304. The maximum absolute atomic E-state index is 12.4. The Morgan fingerprint density at radius 3 is 0.892 bits per heavy atom. The van der Waals surface area contributed by atoms with Crippen LogP contribution in [0.5, 0.6) is 46.5 Å². The lowest BCUT2D eigenvalue weighted by atomic mass is 9.93. The van der Waals surface area contributed by atoms with Crippen LogP contribution >= 0.6 is 0 Å². The maximum Gasteiger partial charge on any atom is 0.328 e. The Balaban J connectivity index is 0.000000127. The quantitative estimate of drug-likeness (QED) is 0.0207. The predicted octanol–water partition coefficient (Wildman–Crippen LogP) is 10.1. The van der Waals surface area contributed by atoms with E-state index in [-0.39, 0.29) is 46.0 Å². The SMILES string of the molecule is Cc1nc(N)c2[nH]c(=O)n(Cc3ccc(Oc4cccc(CNC5CCC5)n4)cc3)c2n1.Cc1nc(N)c2[nH]c(=O)n(Cc3ccc(Oc4cccc(CNC5CCOCC5)n4)cc3)c2n1.Cc1nc(N)c2[nH]c(=O)n(Cc3ccc(Oc4cccc(CNC5COC5)n4)cc3)c2n1.Cc1nc(N)c2[nH]c(=O)n(Cc3ccc(Oc4cccc(CNCC(C)C)n4)cc3)c2n1. The van der Waals surface area contributed by atoms with Crippen molar-refractivity contribution in [2.75, 3.05) is 55.9 Å². The Morgan fingerprint density at radius 1 is 0.354 bits per heavy atom. The molecule has 670 valence electrons. The summed E-state index contributed by atoms with van der Waals surface area (Å²) in [6.07, 6.45) is 5.83. The van der Waals surface area contributed by atoms with Crippen molar-refractivity contribution < 1.29 is 28.4 Å². The highest BCUT2D eigenvalue weighted by Gasteiger charge is 2.23. The zero-order valence-electron chi connectivity index (χ0n) is 72.8. The van der Waals surface area contributed by atoms with E-state index in [9.17, 15) is 19.2 Å². The first-order chi connectivity index (χ1) is 63.0. The smallest absolute Gasteiger partial charge is 0.328 e. The normalized spacial score (nSPS) is 13.4. The van der Waals surface area contributed by atoms with Crippen molar-refractivity contribution in [1.82, 2.24) is 119 Å². The van der Waals surface area contributed by atoms with E-state index < -0.39 is 0 Å². The average Bonchev–Trinajstić information content (AvgIpc) is 1.65. The molecule has 12 aromatic heterocycles. The predicted molar refractivity (Wildman–Crippen MR) is 492 cm³/mol. The molecule has 38 nitrogen and oxygen atoms in total. The van der Waals surface area contributed by atoms with Crippen LogP contribution in [0.2, 0.25) is 0 Å². The molecule has 3 fully saturated rings. The number of nitrogens with two attached hydrogens (primary N) is 4. The molecule has 2 saturated heterocycles. The van der Waals surface area contributed by atoms with Gasteiger partial charge in [0.05, 0.1) is 68.2 Å². The number of aryl methyl sites for hydroxylation is 4. The first kappa shape index (κ1) is 88.5. The molecule has 0 bridgehead atoms. The van der Waals surface area contributed by atoms with Crippen LogP contribution in [-0.4, -0.2) is 149 Å². The highest BCUT2D eigenvalue weighted by molar-refractivity contribution is 5.84. The Bertz CT molecular complexity index is 6670. The Morgan fingerprint density at radius 2 is 0.631 bits per heavy atom. The number of aromatic nitrogens is 20. The summed E-state index contributed by atoms with van der Waals surface area (Å²) in [4.78, 5) is 113. The van der Waals surface area contributed by atoms with E-state index in [0.29, 0.717) is 184 Å². The van der Waals surface area contributed by atoms with E-state index >= 15 is 0 Å². The summed E-state index contributed by atoms with van der Waals surface area (Å²) in [6.45, 7) is 19.5. The lowest BCUT2D eigenvalue weighted by Crippen LogP contribution is -2.45. The van der Waals surface area contributed by atoms with Gasteiger partial charge < -0.3 is 92.6 Å². The number of nitrogens with one attached hydrogen (secondary N) is 8. The zero-order chi connectivity index (χ0) is 90.3. The summed E-state index contributed by atoms with van der Waals surface area (Å²) >= 11 is 0. The van der Waals surface area contributed by atoms with Gasteiger partial charge in [0.2, 0.25) is 23.5 Å². The van der Waals surface area contributed by atoms with Crippen molar-refractivity contribution in [2.24, 2.45) is 5.92 Å². The van der Waals surface area contributed by atoms with E-state index in [1.54, 1.807) is 46.0 Å². The minimum absolute atomic E-state index is 0.262. The van der Waals surface area contributed by atoms with Crippen LogP contribution in [-0.2, 0) is 61.8 Å². The number of hydrogen-bond donors (Lipinski definition) is 12. The second kappa shape index (κ2) is 40.8. The molecule has 16 N–H and O–H groups in total. The number of H-pyrrole nitrogens is 4. The number of ether oxygens (including phenoxy) is 6. The molecule has 0 spiro atoms. The Kier molecular flexibility index (Phi) is 27.8. The number of nitrogen functional groups attached to an aromatic ring is 4. The molecular weight excluding hydrogens is 1660 g/mol. The fourth-order valence-corrected chi connectivity index (χ4v) is 14.7. The largest absolute Gasteiger partial charge is 0.439 e. The van der Waals surface area contributed by atoms with Crippen molar-refractivity contribution in [3.8, 4) is 46.5 Å². The van der Waals surface area contributed by atoms with E-state index in [1.165, 1.54) is 19.3 Å². The average molecular weight is 1760 g/mol. The van der Waals surface area contributed by atoms with Crippen LogP contribution in [0.25, 0.3) is 44.7 Å². The highest BCUT2D eigenvalue weighted by Crippen LogP contribution is 2.29. The molecule has 3 aliphatic rings. The minimum atomic E-state index is -0.282. The third kappa shape index (κ3) is 22.7. The van der Waals surface area contributed by atoms with E-state index in [2.05, 4.69) is 115 Å². The molecule has 130 heavy (non-hydrogen) atoms. The van der Waals surface area contributed by atoms with Gasteiger partial charge in [0.15, 0.2) is 45.9 Å². The highest BCUT2D eigenvalue weighted by atomic mass is 16.5. The van der Waals surface area contributed by atoms with Gasteiger partial charge in [-0.1, -0.05) is 93.1 Å². The molecule has 0 amide bonds. The fourth-order valence-electron chi connectivity index (χ4n) is 14.7. The number of aromatic amines is 4. The molecule has 4 aromatic carbocycles. The molecule has 14 heterocycles. The van der Waals surface area contributed by atoms with Crippen LogP contribution in [0.15, 0.2) is 189 Å². The van der Waals surface area contributed by atoms with Gasteiger partial charge in [0.25, 0.3) is 0 Å². The van der Waals surface area contributed by atoms with Gasteiger partial charge in [-0.3, -0.25) is 18.3 Å². The summed E-state index contributed by atoms with van der Waals surface area (Å²) in [5.74, 6) is 8.53. The number of rotatable bonds is 29. The monoisotopic (exact) mass is 1760 g/mol. The molecule has 0 unspecified atom stereocenters. The molecule has 19 rings (SSSR count). The van der Waals surface area contributed by atoms with Crippen molar-refractivity contribution in [1.29, 1.82) is 0 Å². The molecule has 1 saturated carbocycles. The van der Waals surface area contributed by atoms with Gasteiger partial charge in [0, 0.05) is 75.7 Å². The molecule has 1 aliphatic carbocycles. The number of fused-ring (bicyclic) bond motifs is 4. The second-order valence-corrected chi connectivity index (χ2v) is 32.3. The van der Waals surface area contributed by atoms with E-state index in [1.807, 2.05) is 170 Å². The van der Waals surface area contributed by atoms with E-state index in [4.69, 9.17) is 51.4 Å². The Labute approximate surface area is 744 Å². The summed E-state index contributed by atoms with van der Waals surface area (Å²) in [7, 11) is 0. The first-order valence-corrected chi connectivity index (χ1v) is 42.9. The minimum Gasteiger partial charge on any atom is -0.439 e. The van der Waals surface area contributed by atoms with E-state index in [0.717, 1.165) is 97.4 Å². The number of hydrogen-bond acceptors (Lipinski definition) is 30. The van der Waals surface area contributed by atoms with Crippen molar-refractivity contribution in [3.05, 3.63) is 280 Å². The number of pyridine rings is 4. The van der Waals surface area contributed by atoms with Crippen molar-refractivity contribution in [2.45, 2.75) is 144 Å². The molecular formula is C92H102N28O10. The topological polar surface area (TPSA) is 513 Å². The summed E-state index contributed by atoms with van der Waals surface area (Å²) in [6, 6.07) is 54.6. The van der Waals surface area contributed by atoms with Gasteiger partial charge in [0.1, 0.15) is 68.4 Å². The van der Waals surface area contributed by atoms with Gasteiger partial charge >= 0.3 is 22.8 Å². The van der Waals surface area contributed by atoms with Crippen LogP contribution in [0.3, 0.4) is 0 Å². The van der Waals surface area contributed by atoms with Crippen molar-refractivity contribution >= 4 is 67.9 Å². The lowest BCUT2D eigenvalue weighted by Gasteiger charge is -2.26. The molecule has 38 heteroatoms. The molecule has 0 radical (unpaired) electrons. The molecule has 0 atom stereocenters. The number of anilines is 4. The molecule has 2 aliphatic heterocycles. The first-order valence-electron chi connectivity index (χ1n) is 42.9. The summed E-state index contributed by atoms with van der Waals surface area (Å²) < 4.78 is 40.5. The summed E-state index contributed by atoms with van der Waals surface area (Å²) in [5.41, 5.74) is 33.8. The third-order valence-electron chi connectivity index (χ3n) is 21.7. The van der Waals surface area contributed by atoms with Crippen LogP contribution in [0, 0.1) is 33.6 Å². The van der Waals surface area contributed by atoms with Gasteiger partial charge in [-0.2, -0.15) is 0 Å². The number of benzene rings is 4. The van der Waals surface area contributed by atoms with Crippen molar-refractivity contribution in [3.63, 3.8) is 0 Å². The third-order valence-corrected chi connectivity index (χ3v) is 21.7. The number of nitrogens with zero attached hydrogens (tertiary/aromatic N) is 16. The van der Waals surface area contributed by atoms with Crippen LogP contribution in [0.1, 0.15) is 114 Å². The second-order valence-electron chi connectivity index (χ2n) is 32.3. The zero-order valence-corrected chi connectivity index (χ0v) is 72.8. The lowest BCUT2D eigenvalue weighted by molar-refractivity contribution is -0.00591.